The van der Waals surface area contributed by atoms with Gasteiger partial charge >= 0.3 is 0 Å². The smallest absolute Gasteiger partial charge is 0.172 e. The number of benzene rings is 2. The highest BCUT2D eigenvalue weighted by molar-refractivity contribution is 5.69. The van der Waals surface area contributed by atoms with Crippen molar-refractivity contribution in [2.24, 2.45) is 0 Å². The molecular formula is C18H17N5O. The van der Waals surface area contributed by atoms with E-state index in [9.17, 15) is 5.26 Å². The van der Waals surface area contributed by atoms with Crippen LogP contribution in [0.4, 0.5) is 17.3 Å². The van der Waals surface area contributed by atoms with Crippen molar-refractivity contribution in [3.8, 4) is 11.8 Å². The lowest BCUT2D eigenvalue weighted by Crippen LogP contribution is -2.06. The number of rotatable bonds is 5. The fourth-order valence-electron chi connectivity index (χ4n) is 2.36. The molecule has 0 aliphatic heterocycles. The van der Waals surface area contributed by atoms with Gasteiger partial charge in [0, 0.05) is 5.69 Å². The Bertz CT molecular complexity index is 863. The van der Waals surface area contributed by atoms with Crippen LogP contribution in [0, 0.1) is 11.3 Å². The molecule has 3 N–H and O–H groups in total. The lowest BCUT2D eigenvalue weighted by Gasteiger charge is -2.05. The van der Waals surface area contributed by atoms with Crippen molar-refractivity contribution in [2.45, 2.75) is 6.54 Å². The van der Waals surface area contributed by atoms with Crippen molar-refractivity contribution >= 4 is 17.3 Å². The number of methoxy groups -OCH3 is 1. The standard InChI is InChI=1S/C18H17N5O/c1-24-15-9-7-14(8-10-15)21-18-16(11-19)17(20)23(22-18)12-13-5-3-2-4-6-13/h2-10H,12,20H2,1H3,(H,21,22). The largest absolute Gasteiger partial charge is 0.497 e. The van der Waals surface area contributed by atoms with Crippen molar-refractivity contribution in [1.29, 1.82) is 5.26 Å². The van der Waals surface area contributed by atoms with Crippen LogP contribution < -0.4 is 15.8 Å². The van der Waals surface area contributed by atoms with E-state index in [-0.39, 0.29) is 0 Å². The van der Waals surface area contributed by atoms with Gasteiger partial charge in [-0.05, 0) is 29.8 Å². The normalized spacial score (nSPS) is 10.2. The Kier molecular flexibility index (Phi) is 4.34. The predicted octanol–water partition coefficient (Wildman–Crippen LogP) is 3.14. The van der Waals surface area contributed by atoms with Crippen LogP contribution >= 0.6 is 0 Å². The number of hydrogen-bond donors (Lipinski definition) is 2. The molecule has 0 aliphatic rings. The molecule has 0 unspecified atom stereocenters. The van der Waals surface area contributed by atoms with Crippen molar-refractivity contribution in [3.63, 3.8) is 0 Å². The van der Waals surface area contributed by atoms with Gasteiger partial charge < -0.3 is 15.8 Å². The predicted molar refractivity (Wildman–Crippen MR) is 93.2 cm³/mol. The first-order valence-electron chi connectivity index (χ1n) is 7.42. The molecule has 24 heavy (non-hydrogen) atoms. The fourth-order valence-corrected chi connectivity index (χ4v) is 2.36. The number of nitrogens with two attached hydrogens (primary N) is 1. The van der Waals surface area contributed by atoms with E-state index >= 15 is 0 Å². The first-order chi connectivity index (χ1) is 11.7. The Morgan fingerprint density at radius 1 is 1.17 bits per heavy atom. The number of aromatic nitrogens is 2. The quantitative estimate of drug-likeness (QED) is 0.754. The fraction of sp³-hybridized carbons (Fsp3) is 0.111. The van der Waals surface area contributed by atoms with Gasteiger partial charge in [0.25, 0.3) is 0 Å². The maximum atomic E-state index is 9.40. The number of nitriles is 1. The van der Waals surface area contributed by atoms with Crippen LogP contribution in [-0.2, 0) is 6.54 Å². The van der Waals surface area contributed by atoms with Crippen LogP contribution in [0.15, 0.2) is 54.6 Å². The van der Waals surface area contributed by atoms with Crippen molar-refractivity contribution in [3.05, 3.63) is 65.7 Å². The first-order valence-corrected chi connectivity index (χ1v) is 7.42. The summed E-state index contributed by atoms with van der Waals surface area (Å²) in [7, 11) is 1.61. The highest BCUT2D eigenvalue weighted by atomic mass is 16.5. The first kappa shape index (κ1) is 15.4. The number of nitrogen functional groups attached to an aromatic ring is 1. The number of hydrogen-bond acceptors (Lipinski definition) is 5. The molecule has 1 aromatic heterocycles. The maximum absolute atomic E-state index is 9.40. The van der Waals surface area contributed by atoms with Gasteiger partial charge in [-0.1, -0.05) is 30.3 Å². The molecule has 0 fully saturated rings. The lowest BCUT2D eigenvalue weighted by atomic mass is 10.2. The molecule has 1 heterocycles. The summed E-state index contributed by atoms with van der Waals surface area (Å²) in [5.74, 6) is 1.55. The number of nitrogens with one attached hydrogen (secondary N) is 1. The van der Waals surface area contributed by atoms with Crippen LogP contribution in [0.2, 0.25) is 0 Å². The van der Waals surface area contributed by atoms with E-state index in [4.69, 9.17) is 10.5 Å². The van der Waals surface area contributed by atoms with Crippen LogP contribution in [0.25, 0.3) is 0 Å². The molecule has 6 heteroatoms. The number of nitrogens with zero attached hydrogens (tertiary/aromatic N) is 3. The Hall–Kier alpha value is -3.46. The van der Waals surface area contributed by atoms with E-state index < -0.39 is 0 Å². The highest BCUT2D eigenvalue weighted by Crippen LogP contribution is 2.26. The second kappa shape index (κ2) is 6.75. The van der Waals surface area contributed by atoms with Gasteiger partial charge in [0.1, 0.15) is 23.2 Å². The molecule has 2 aromatic carbocycles. The van der Waals surface area contributed by atoms with Gasteiger partial charge in [0.15, 0.2) is 5.82 Å². The average Bonchev–Trinajstić information content (AvgIpc) is 2.91. The third kappa shape index (κ3) is 3.15. The van der Waals surface area contributed by atoms with Crippen LogP contribution in [0.3, 0.4) is 0 Å². The minimum Gasteiger partial charge on any atom is -0.497 e. The molecule has 0 saturated heterocycles. The Morgan fingerprint density at radius 2 is 1.88 bits per heavy atom. The zero-order valence-corrected chi connectivity index (χ0v) is 13.2. The second-order valence-corrected chi connectivity index (χ2v) is 5.22. The summed E-state index contributed by atoms with van der Waals surface area (Å²) in [4.78, 5) is 0. The molecule has 0 spiro atoms. The van der Waals surface area contributed by atoms with Gasteiger partial charge in [-0.15, -0.1) is 0 Å². The summed E-state index contributed by atoms with van der Waals surface area (Å²) >= 11 is 0. The third-order valence-electron chi connectivity index (χ3n) is 3.63. The van der Waals surface area contributed by atoms with Crippen molar-refractivity contribution < 1.29 is 4.74 Å². The maximum Gasteiger partial charge on any atom is 0.172 e. The minimum atomic E-state index is 0.335. The minimum absolute atomic E-state index is 0.335. The molecule has 3 aromatic rings. The summed E-state index contributed by atoms with van der Waals surface area (Å²) in [6.07, 6.45) is 0. The van der Waals surface area contributed by atoms with Gasteiger partial charge in [-0.2, -0.15) is 10.4 Å². The van der Waals surface area contributed by atoms with Crippen LogP contribution in [-0.4, -0.2) is 16.9 Å². The Balaban J connectivity index is 1.87. The molecular weight excluding hydrogens is 302 g/mol. The molecule has 0 atom stereocenters. The van der Waals surface area contributed by atoms with E-state index in [1.165, 1.54) is 0 Å². The van der Waals surface area contributed by atoms with E-state index in [2.05, 4.69) is 16.5 Å². The summed E-state index contributed by atoms with van der Waals surface area (Å²) in [5, 5.41) is 17.0. The summed E-state index contributed by atoms with van der Waals surface area (Å²) in [6.45, 7) is 0.506. The summed E-state index contributed by atoms with van der Waals surface area (Å²) < 4.78 is 6.76. The molecule has 6 nitrogen and oxygen atoms in total. The summed E-state index contributed by atoms with van der Waals surface area (Å²) in [5.41, 5.74) is 8.28. The van der Waals surface area contributed by atoms with Crippen molar-refractivity contribution in [1.82, 2.24) is 9.78 Å². The zero-order chi connectivity index (χ0) is 16.9. The van der Waals surface area contributed by atoms with E-state index in [0.29, 0.717) is 23.7 Å². The van der Waals surface area contributed by atoms with E-state index in [1.54, 1.807) is 11.8 Å². The number of ether oxygens (including phenoxy) is 1. The van der Waals surface area contributed by atoms with Gasteiger partial charge in [-0.25, -0.2) is 4.68 Å². The summed E-state index contributed by atoms with van der Waals surface area (Å²) in [6, 6.07) is 19.3. The molecule has 0 saturated carbocycles. The Morgan fingerprint density at radius 3 is 2.50 bits per heavy atom. The van der Waals surface area contributed by atoms with Crippen LogP contribution in [0.1, 0.15) is 11.1 Å². The van der Waals surface area contributed by atoms with Gasteiger partial charge in [0.05, 0.1) is 13.7 Å². The molecule has 0 amide bonds. The lowest BCUT2D eigenvalue weighted by molar-refractivity contribution is 0.415. The molecule has 3 rings (SSSR count). The van der Waals surface area contributed by atoms with Crippen molar-refractivity contribution in [2.75, 3.05) is 18.2 Å². The second-order valence-electron chi connectivity index (χ2n) is 5.22. The molecule has 0 aliphatic carbocycles. The topological polar surface area (TPSA) is 88.9 Å². The highest BCUT2D eigenvalue weighted by Gasteiger charge is 2.15. The molecule has 0 radical (unpaired) electrons. The number of anilines is 3. The van der Waals surface area contributed by atoms with E-state index in [1.807, 2.05) is 54.6 Å². The molecule has 120 valence electrons. The van der Waals surface area contributed by atoms with Gasteiger partial charge in [-0.3, -0.25) is 0 Å². The Labute approximate surface area is 140 Å². The third-order valence-corrected chi connectivity index (χ3v) is 3.63. The van der Waals surface area contributed by atoms with Gasteiger partial charge in [0.2, 0.25) is 0 Å². The monoisotopic (exact) mass is 319 g/mol. The zero-order valence-electron chi connectivity index (χ0n) is 13.2. The van der Waals surface area contributed by atoms with Crippen LogP contribution in [0.5, 0.6) is 5.75 Å². The average molecular weight is 319 g/mol. The van der Waals surface area contributed by atoms with E-state index in [0.717, 1.165) is 17.0 Å². The SMILES string of the molecule is COc1ccc(Nc2nn(Cc3ccccc3)c(N)c2C#N)cc1. The molecule has 0 bridgehead atoms.